The van der Waals surface area contributed by atoms with Crippen molar-refractivity contribution in [1.82, 2.24) is 15.0 Å². The minimum Gasteiger partial charge on any atom is -0.493 e. The van der Waals surface area contributed by atoms with Gasteiger partial charge in [0.15, 0.2) is 16.6 Å². The molecule has 4 aromatic rings. The number of nitrogens with zero attached hydrogens (tertiary/aromatic N) is 3. The van der Waals surface area contributed by atoms with Crippen LogP contribution in [0.1, 0.15) is 17.4 Å². The topological polar surface area (TPSA) is 113 Å². The lowest BCUT2D eigenvalue weighted by molar-refractivity contribution is -0.132. The molecule has 0 aliphatic carbocycles. The third-order valence-corrected chi connectivity index (χ3v) is 5.20. The van der Waals surface area contributed by atoms with Crippen LogP contribution in [0.3, 0.4) is 0 Å². The van der Waals surface area contributed by atoms with Crippen LogP contribution in [0.2, 0.25) is 5.15 Å². The molecule has 0 atom stereocenters. The average molecular weight is 471 g/mol. The molecule has 32 heavy (non-hydrogen) atoms. The van der Waals surface area contributed by atoms with Gasteiger partial charge in [-0.15, -0.1) is 0 Å². The quantitative estimate of drug-likeness (QED) is 0.318. The summed E-state index contributed by atoms with van der Waals surface area (Å²) in [6.07, 6.45) is 2.93. The highest BCUT2D eigenvalue weighted by atomic mass is 35.5. The van der Waals surface area contributed by atoms with E-state index in [0.717, 1.165) is 4.70 Å². The highest BCUT2D eigenvalue weighted by molar-refractivity contribution is 7.22. The molecule has 0 bridgehead atoms. The Morgan fingerprint density at radius 3 is 2.59 bits per heavy atom. The van der Waals surface area contributed by atoms with Gasteiger partial charge in [-0.25, -0.2) is 15.0 Å². The molecule has 162 valence electrons. The predicted molar refractivity (Wildman–Crippen MR) is 119 cm³/mol. The fourth-order valence-corrected chi connectivity index (χ4v) is 3.81. The number of methoxy groups -OCH3 is 1. The van der Waals surface area contributed by atoms with Crippen molar-refractivity contribution in [2.75, 3.05) is 12.4 Å². The maximum Gasteiger partial charge on any atom is 0.308 e. The molecule has 11 heteroatoms. The Hall–Kier alpha value is -3.76. The first-order valence-electron chi connectivity index (χ1n) is 9.15. The molecule has 0 saturated heterocycles. The van der Waals surface area contributed by atoms with E-state index in [-0.39, 0.29) is 17.2 Å². The van der Waals surface area contributed by atoms with E-state index < -0.39 is 11.9 Å². The van der Waals surface area contributed by atoms with Crippen molar-refractivity contribution >= 4 is 50.2 Å². The van der Waals surface area contributed by atoms with Crippen LogP contribution in [-0.4, -0.2) is 33.9 Å². The zero-order valence-corrected chi connectivity index (χ0v) is 18.4. The molecule has 0 fully saturated rings. The molecule has 0 unspecified atom stereocenters. The van der Waals surface area contributed by atoms with Crippen LogP contribution >= 0.6 is 22.9 Å². The van der Waals surface area contributed by atoms with E-state index in [1.807, 2.05) is 0 Å². The number of hydrogen-bond donors (Lipinski definition) is 1. The number of rotatable bonds is 6. The summed E-state index contributed by atoms with van der Waals surface area (Å²) in [6, 6.07) is 10.1. The van der Waals surface area contributed by atoms with E-state index in [1.54, 1.807) is 36.5 Å². The average Bonchev–Trinajstić information content (AvgIpc) is 3.15. The molecule has 1 amide bonds. The Morgan fingerprint density at radius 2 is 1.84 bits per heavy atom. The third kappa shape index (κ3) is 4.76. The second kappa shape index (κ2) is 9.16. The Morgan fingerprint density at radius 1 is 1.06 bits per heavy atom. The molecule has 4 rings (SSSR count). The van der Waals surface area contributed by atoms with Gasteiger partial charge in [-0.2, -0.15) is 0 Å². The highest BCUT2D eigenvalue weighted by Crippen LogP contribution is 2.33. The molecule has 0 radical (unpaired) electrons. The van der Waals surface area contributed by atoms with E-state index >= 15 is 0 Å². The van der Waals surface area contributed by atoms with Crippen molar-refractivity contribution in [3.63, 3.8) is 0 Å². The van der Waals surface area contributed by atoms with Crippen molar-refractivity contribution in [1.29, 1.82) is 0 Å². The molecular weight excluding hydrogens is 456 g/mol. The summed E-state index contributed by atoms with van der Waals surface area (Å²) in [5.74, 6) is 0.0725. The molecule has 3 aromatic heterocycles. The van der Waals surface area contributed by atoms with Gasteiger partial charge in [-0.1, -0.05) is 22.9 Å². The number of hydrogen-bond acceptors (Lipinski definition) is 9. The van der Waals surface area contributed by atoms with E-state index in [4.69, 9.17) is 25.8 Å². The van der Waals surface area contributed by atoms with Crippen molar-refractivity contribution in [3.05, 3.63) is 59.6 Å². The maximum atomic E-state index is 12.8. The number of thiazole rings is 1. The number of carbonyl (C=O) groups excluding carboxylic acids is 2. The number of amides is 1. The SMILES string of the molecule is COc1ccnc(C(=O)Nc2nc3ccc(Oc4ccnc(Cl)c4)cc3s2)c1OC(C)=O. The standard InChI is InChI=1S/C21H15ClN4O5S/c1-11(27)30-19-15(29-2)6-8-24-18(19)20(28)26-21-25-14-4-3-12(9-16(14)32-21)31-13-5-7-23-17(22)10-13/h3-10H,1-2H3,(H,25,26,28). The van der Waals surface area contributed by atoms with Crippen molar-refractivity contribution in [2.45, 2.75) is 6.92 Å². The van der Waals surface area contributed by atoms with Gasteiger partial charge >= 0.3 is 5.97 Å². The monoisotopic (exact) mass is 470 g/mol. The molecule has 0 aliphatic heterocycles. The summed E-state index contributed by atoms with van der Waals surface area (Å²) >= 11 is 7.14. The van der Waals surface area contributed by atoms with Crippen molar-refractivity contribution < 1.29 is 23.8 Å². The number of carbonyl (C=O) groups is 2. The van der Waals surface area contributed by atoms with E-state index in [2.05, 4.69) is 20.3 Å². The Bertz CT molecular complexity index is 1330. The molecule has 0 saturated carbocycles. The molecule has 1 N–H and O–H groups in total. The summed E-state index contributed by atoms with van der Waals surface area (Å²) in [7, 11) is 1.40. The van der Waals surface area contributed by atoms with Gasteiger partial charge in [0.05, 0.1) is 17.3 Å². The Balaban J connectivity index is 1.57. The van der Waals surface area contributed by atoms with Crippen LogP contribution in [0.25, 0.3) is 10.2 Å². The van der Waals surface area contributed by atoms with E-state index in [1.165, 1.54) is 37.6 Å². The first-order chi connectivity index (χ1) is 15.4. The smallest absolute Gasteiger partial charge is 0.308 e. The van der Waals surface area contributed by atoms with Gasteiger partial charge in [0.1, 0.15) is 16.7 Å². The molecule has 0 aliphatic rings. The summed E-state index contributed by atoms with van der Waals surface area (Å²) in [5, 5.41) is 3.35. The summed E-state index contributed by atoms with van der Waals surface area (Å²) < 4.78 is 16.9. The lowest BCUT2D eigenvalue weighted by Gasteiger charge is -2.11. The Labute approximate surface area is 191 Å². The number of fused-ring (bicyclic) bond motifs is 1. The van der Waals surface area contributed by atoms with Crippen LogP contribution in [0.5, 0.6) is 23.0 Å². The van der Waals surface area contributed by atoms with Crippen LogP contribution < -0.4 is 19.5 Å². The number of aromatic nitrogens is 3. The number of ether oxygens (including phenoxy) is 3. The Kier molecular flexibility index (Phi) is 6.15. The van der Waals surface area contributed by atoms with Gasteiger partial charge in [0.2, 0.25) is 5.75 Å². The highest BCUT2D eigenvalue weighted by Gasteiger charge is 2.21. The first kappa shape index (κ1) is 21.5. The van der Waals surface area contributed by atoms with E-state index in [0.29, 0.717) is 27.3 Å². The van der Waals surface area contributed by atoms with Gasteiger partial charge in [0.25, 0.3) is 5.91 Å². The zero-order valence-electron chi connectivity index (χ0n) is 16.8. The van der Waals surface area contributed by atoms with Gasteiger partial charge in [0, 0.05) is 37.5 Å². The van der Waals surface area contributed by atoms with Gasteiger partial charge in [-0.3, -0.25) is 14.9 Å². The number of esters is 1. The van der Waals surface area contributed by atoms with Crippen LogP contribution in [0.15, 0.2) is 48.8 Å². The maximum absolute atomic E-state index is 12.8. The van der Waals surface area contributed by atoms with Crippen molar-refractivity contribution in [3.8, 4) is 23.0 Å². The lowest BCUT2D eigenvalue weighted by Crippen LogP contribution is -2.17. The number of benzene rings is 1. The number of pyridine rings is 2. The summed E-state index contributed by atoms with van der Waals surface area (Å²) in [4.78, 5) is 36.6. The third-order valence-electron chi connectivity index (χ3n) is 4.06. The second-order valence-electron chi connectivity index (χ2n) is 6.30. The van der Waals surface area contributed by atoms with Crippen LogP contribution in [0.4, 0.5) is 5.13 Å². The normalized spacial score (nSPS) is 10.6. The second-order valence-corrected chi connectivity index (χ2v) is 7.72. The van der Waals surface area contributed by atoms with Gasteiger partial charge in [-0.05, 0) is 18.2 Å². The first-order valence-corrected chi connectivity index (χ1v) is 10.3. The molecular formula is C21H15ClN4O5S. The summed E-state index contributed by atoms with van der Waals surface area (Å²) in [6.45, 7) is 1.22. The molecule has 9 nitrogen and oxygen atoms in total. The number of nitrogens with one attached hydrogen (secondary N) is 1. The van der Waals surface area contributed by atoms with Crippen molar-refractivity contribution in [2.24, 2.45) is 0 Å². The number of halogens is 1. The minimum absolute atomic E-state index is 0.0622. The molecule has 3 heterocycles. The minimum atomic E-state index is -0.603. The van der Waals surface area contributed by atoms with E-state index in [9.17, 15) is 9.59 Å². The summed E-state index contributed by atoms with van der Waals surface area (Å²) in [5.41, 5.74) is 0.571. The largest absolute Gasteiger partial charge is 0.493 e. The van der Waals surface area contributed by atoms with Crippen LogP contribution in [0, 0.1) is 0 Å². The van der Waals surface area contributed by atoms with Crippen LogP contribution in [-0.2, 0) is 4.79 Å². The number of anilines is 1. The fraction of sp³-hybridized carbons (Fsp3) is 0.0952. The molecule has 1 aromatic carbocycles. The fourth-order valence-electron chi connectivity index (χ4n) is 2.76. The predicted octanol–water partition coefficient (Wildman–Crippen LogP) is 4.72. The van der Waals surface area contributed by atoms with Gasteiger partial charge < -0.3 is 14.2 Å². The zero-order chi connectivity index (χ0) is 22.7. The molecule has 0 spiro atoms. The lowest BCUT2D eigenvalue weighted by atomic mass is 10.3.